The summed E-state index contributed by atoms with van der Waals surface area (Å²) in [5, 5.41) is 3.62. The van der Waals surface area contributed by atoms with Crippen LogP contribution < -0.4 is 5.32 Å². The van der Waals surface area contributed by atoms with E-state index in [4.69, 9.17) is 4.42 Å². The summed E-state index contributed by atoms with van der Waals surface area (Å²) in [6.07, 6.45) is 0.996. The zero-order valence-electron chi connectivity index (χ0n) is 14.1. The molecule has 0 saturated heterocycles. The van der Waals surface area contributed by atoms with E-state index in [0.717, 1.165) is 24.5 Å². The van der Waals surface area contributed by atoms with Gasteiger partial charge in [0.2, 0.25) is 0 Å². The van der Waals surface area contributed by atoms with Crippen LogP contribution in [0.3, 0.4) is 0 Å². The van der Waals surface area contributed by atoms with Crippen LogP contribution >= 0.6 is 0 Å². The molecular weight excluding hydrogens is 258 g/mol. The van der Waals surface area contributed by atoms with E-state index < -0.39 is 0 Å². The Labute approximate surface area is 128 Å². The number of hydrogen-bond donors (Lipinski definition) is 1. The molecule has 0 aliphatic rings. The van der Waals surface area contributed by atoms with E-state index in [-0.39, 0.29) is 0 Å². The average molecular weight is 285 g/mol. The number of likely N-dealkylation sites (N-methyl/N-ethyl adjacent to an activating group) is 1. The van der Waals surface area contributed by atoms with E-state index in [9.17, 15) is 0 Å². The topological polar surface area (TPSA) is 25.2 Å². The van der Waals surface area contributed by atoms with E-state index in [1.165, 1.54) is 27.8 Å². The molecule has 1 heterocycles. The molecule has 0 fully saturated rings. The second-order valence-corrected chi connectivity index (χ2v) is 5.99. The molecule has 1 aromatic carbocycles. The van der Waals surface area contributed by atoms with Crippen LogP contribution in [-0.4, -0.2) is 6.54 Å². The summed E-state index contributed by atoms with van der Waals surface area (Å²) in [4.78, 5) is 0. The Morgan fingerprint density at radius 2 is 1.71 bits per heavy atom. The molecule has 1 atom stereocenters. The molecular formula is C19H27NO. The van der Waals surface area contributed by atoms with Gasteiger partial charge in [-0.05, 0) is 69.8 Å². The molecule has 1 aromatic heterocycles. The molecule has 0 aliphatic heterocycles. The summed E-state index contributed by atoms with van der Waals surface area (Å²) in [5.74, 6) is 2.07. The zero-order chi connectivity index (χ0) is 15.6. The molecule has 1 unspecified atom stereocenters. The Morgan fingerprint density at radius 1 is 1.00 bits per heavy atom. The van der Waals surface area contributed by atoms with Crippen molar-refractivity contribution in [1.82, 2.24) is 5.32 Å². The minimum absolute atomic E-state index is 0.314. The molecule has 2 aromatic rings. The van der Waals surface area contributed by atoms with Crippen LogP contribution in [0, 0.1) is 34.6 Å². The van der Waals surface area contributed by atoms with Crippen LogP contribution in [-0.2, 0) is 6.42 Å². The van der Waals surface area contributed by atoms with Crippen LogP contribution in [0.1, 0.15) is 52.3 Å². The Balaban J connectivity index is 2.32. The van der Waals surface area contributed by atoms with Crippen LogP contribution in [0.25, 0.3) is 0 Å². The first-order chi connectivity index (χ1) is 9.93. The maximum absolute atomic E-state index is 5.81. The maximum Gasteiger partial charge on any atom is 0.106 e. The minimum Gasteiger partial charge on any atom is -0.466 e. The van der Waals surface area contributed by atoms with E-state index >= 15 is 0 Å². The van der Waals surface area contributed by atoms with Gasteiger partial charge in [-0.3, -0.25) is 0 Å². The van der Waals surface area contributed by atoms with Crippen molar-refractivity contribution < 1.29 is 4.42 Å². The molecule has 2 rings (SSSR count). The molecule has 0 saturated carbocycles. The summed E-state index contributed by atoms with van der Waals surface area (Å²) in [6.45, 7) is 13.7. The quantitative estimate of drug-likeness (QED) is 0.860. The minimum atomic E-state index is 0.314. The second-order valence-electron chi connectivity index (χ2n) is 5.99. The van der Waals surface area contributed by atoms with Crippen molar-refractivity contribution in [2.45, 2.75) is 54.0 Å². The highest BCUT2D eigenvalue weighted by atomic mass is 16.3. The lowest BCUT2D eigenvalue weighted by Crippen LogP contribution is -2.24. The smallest absolute Gasteiger partial charge is 0.106 e. The number of nitrogens with one attached hydrogen (secondary N) is 1. The Bertz CT molecular complexity index is 625. The summed E-state index contributed by atoms with van der Waals surface area (Å²) >= 11 is 0. The third-order valence-corrected chi connectivity index (χ3v) is 4.43. The van der Waals surface area contributed by atoms with Crippen LogP contribution in [0.2, 0.25) is 0 Å². The summed E-state index contributed by atoms with van der Waals surface area (Å²) in [5.41, 5.74) is 6.70. The fourth-order valence-electron chi connectivity index (χ4n) is 3.01. The van der Waals surface area contributed by atoms with Gasteiger partial charge < -0.3 is 9.73 Å². The van der Waals surface area contributed by atoms with Gasteiger partial charge in [0.15, 0.2) is 0 Å². The van der Waals surface area contributed by atoms with Crippen LogP contribution in [0.15, 0.2) is 22.6 Å². The first-order valence-electron chi connectivity index (χ1n) is 7.80. The highest BCUT2D eigenvalue weighted by Crippen LogP contribution is 2.29. The Kier molecular flexibility index (Phi) is 4.89. The zero-order valence-corrected chi connectivity index (χ0v) is 14.1. The SMILES string of the molecule is CCNC(Cc1ccc(C)c(C)c1)c1c(C)oc(C)c1C. The monoisotopic (exact) mass is 285 g/mol. The van der Waals surface area contributed by atoms with Gasteiger partial charge in [-0.2, -0.15) is 0 Å². The Hall–Kier alpha value is -1.54. The van der Waals surface area contributed by atoms with Crippen molar-refractivity contribution in [1.29, 1.82) is 0 Å². The van der Waals surface area contributed by atoms with E-state index in [1.54, 1.807) is 0 Å². The lowest BCUT2D eigenvalue weighted by molar-refractivity contribution is 0.484. The lowest BCUT2D eigenvalue weighted by atomic mass is 9.94. The first-order valence-corrected chi connectivity index (χ1v) is 7.80. The number of rotatable bonds is 5. The Morgan fingerprint density at radius 3 is 2.24 bits per heavy atom. The van der Waals surface area contributed by atoms with Gasteiger partial charge in [0.1, 0.15) is 11.5 Å². The highest BCUT2D eigenvalue weighted by Gasteiger charge is 2.20. The van der Waals surface area contributed by atoms with E-state index in [1.807, 2.05) is 6.92 Å². The van der Waals surface area contributed by atoms with Gasteiger partial charge in [-0.25, -0.2) is 0 Å². The highest BCUT2D eigenvalue weighted by molar-refractivity contribution is 5.37. The molecule has 0 radical (unpaired) electrons. The summed E-state index contributed by atoms with van der Waals surface area (Å²) < 4.78 is 5.81. The van der Waals surface area contributed by atoms with Crippen molar-refractivity contribution in [3.05, 3.63) is 57.5 Å². The van der Waals surface area contributed by atoms with E-state index in [0.29, 0.717) is 6.04 Å². The molecule has 0 spiro atoms. The number of benzene rings is 1. The lowest BCUT2D eigenvalue weighted by Gasteiger charge is -2.19. The first kappa shape index (κ1) is 15.8. The number of aryl methyl sites for hydroxylation is 4. The molecule has 21 heavy (non-hydrogen) atoms. The molecule has 1 N–H and O–H groups in total. The fourth-order valence-corrected chi connectivity index (χ4v) is 3.01. The van der Waals surface area contributed by atoms with Gasteiger partial charge >= 0.3 is 0 Å². The standard InChI is InChI=1S/C19H27NO/c1-7-20-18(19-14(4)15(5)21-16(19)6)11-17-9-8-12(2)13(3)10-17/h8-10,18,20H,7,11H2,1-6H3. The maximum atomic E-state index is 5.81. The fraction of sp³-hybridized carbons (Fsp3) is 0.474. The molecule has 2 nitrogen and oxygen atoms in total. The van der Waals surface area contributed by atoms with Gasteiger partial charge in [0, 0.05) is 11.6 Å². The average Bonchev–Trinajstić information content (AvgIpc) is 2.67. The molecule has 0 bridgehead atoms. The van der Waals surface area contributed by atoms with Crippen molar-refractivity contribution >= 4 is 0 Å². The molecule has 0 aliphatic carbocycles. The molecule has 114 valence electrons. The van der Waals surface area contributed by atoms with Gasteiger partial charge in [-0.1, -0.05) is 25.1 Å². The largest absolute Gasteiger partial charge is 0.466 e. The third kappa shape index (κ3) is 3.38. The summed E-state index contributed by atoms with van der Waals surface area (Å²) in [7, 11) is 0. The van der Waals surface area contributed by atoms with E-state index in [2.05, 4.69) is 58.1 Å². The van der Waals surface area contributed by atoms with Gasteiger partial charge in [0.05, 0.1) is 0 Å². The predicted molar refractivity (Wildman–Crippen MR) is 89.0 cm³/mol. The van der Waals surface area contributed by atoms with Gasteiger partial charge in [0.25, 0.3) is 0 Å². The van der Waals surface area contributed by atoms with Crippen LogP contribution in [0.4, 0.5) is 0 Å². The molecule has 0 amide bonds. The number of hydrogen-bond acceptors (Lipinski definition) is 2. The van der Waals surface area contributed by atoms with Crippen LogP contribution in [0.5, 0.6) is 0 Å². The van der Waals surface area contributed by atoms with Gasteiger partial charge in [-0.15, -0.1) is 0 Å². The molecule has 2 heteroatoms. The summed E-state index contributed by atoms with van der Waals surface area (Å²) in [6, 6.07) is 7.07. The van der Waals surface area contributed by atoms with Crippen molar-refractivity contribution in [3.8, 4) is 0 Å². The normalized spacial score (nSPS) is 12.7. The van der Waals surface area contributed by atoms with Crippen molar-refractivity contribution in [3.63, 3.8) is 0 Å². The second kappa shape index (κ2) is 6.48. The van der Waals surface area contributed by atoms with Crippen molar-refractivity contribution in [2.24, 2.45) is 0 Å². The predicted octanol–water partition coefficient (Wildman–Crippen LogP) is 4.72. The van der Waals surface area contributed by atoms with Crippen molar-refractivity contribution in [2.75, 3.05) is 6.54 Å². The number of furan rings is 1. The third-order valence-electron chi connectivity index (χ3n) is 4.43.